The normalized spacial score (nSPS) is 16.1. The van der Waals surface area contributed by atoms with E-state index in [0.717, 1.165) is 31.2 Å². The first-order valence-corrected chi connectivity index (χ1v) is 16.0. The fourth-order valence-electron chi connectivity index (χ4n) is 5.05. The second-order valence-electron chi connectivity index (χ2n) is 10.0. The van der Waals surface area contributed by atoms with E-state index in [2.05, 4.69) is 10.3 Å². The molecule has 1 aromatic heterocycles. The third-order valence-corrected chi connectivity index (χ3v) is 9.94. The number of benzene rings is 2. The van der Waals surface area contributed by atoms with Gasteiger partial charge in [0.15, 0.2) is 5.13 Å². The number of nitrogens with zero attached hydrogens (tertiary/aromatic N) is 3. The Morgan fingerprint density at radius 2 is 1.52 bits per heavy atom. The van der Waals surface area contributed by atoms with Crippen molar-refractivity contribution in [2.75, 3.05) is 25.0 Å². The topological polar surface area (TPSA) is 117 Å². The summed E-state index contributed by atoms with van der Waals surface area (Å²) in [6, 6.07) is 13.6. The summed E-state index contributed by atoms with van der Waals surface area (Å²) in [6.07, 6.45) is 6.17. The molecule has 0 spiro atoms. The van der Waals surface area contributed by atoms with Gasteiger partial charge in [0.1, 0.15) is 0 Å². The minimum absolute atomic E-state index is 0.152. The fourth-order valence-corrected chi connectivity index (χ4v) is 7.30. The number of aromatic nitrogens is 1. The number of carbonyl (C=O) groups is 3. The zero-order valence-electron chi connectivity index (χ0n) is 22.2. The number of sulfonamides is 1. The van der Waals surface area contributed by atoms with Gasteiger partial charge in [0.05, 0.1) is 21.7 Å². The molecule has 0 atom stereocenters. The summed E-state index contributed by atoms with van der Waals surface area (Å²) in [5.74, 6) is -0.668. The minimum Gasteiger partial charge on any atom is -0.302 e. The Labute approximate surface area is 238 Å². The van der Waals surface area contributed by atoms with Crippen LogP contribution in [-0.4, -0.2) is 60.0 Å². The summed E-state index contributed by atoms with van der Waals surface area (Å²) in [5, 5.41) is 5.13. The Bertz CT molecular complexity index is 1460. The molecule has 1 N–H and O–H groups in total. The molecule has 0 unspecified atom stereocenters. The number of thiazole rings is 1. The number of imide groups is 1. The Morgan fingerprint density at radius 3 is 2.17 bits per heavy atom. The van der Waals surface area contributed by atoms with Gasteiger partial charge < -0.3 is 5.32 Å². The van der Waals surface area contributed by atoms with E-state index in [1.54, 1.807) is 52.8 Å². The second kappa shape index (κ2) is 12.4. The number of hydrogen-bond acceptors (Lipinski definition) is 7. The van der Waals surface area contributed by atoms with Crippen LogP contribution in [0.2, 0.25) is 0 Å². The van der Waals surface area contributed by atoms with Crippen molar-refractivity contribution < 1.29 is 22.8 Å². The molecule has 0 saturated carbocycles. The zero-order chi connectivity index (χ0) is 28.1. The molecule has 0 aliphatic carbocycles. The lowest BCUT2D eigenvalue weighted by atomic mass is 10.1. The largest absolute Gasteiger partial charge is 0.302 e. The maximum atomic E-state index is 13.0. The van der Waals surface area contributed by atoms with Crippen molar-refractivity contribution in [3.63, 3.8) is 0 Å². The Balaban J connectivity index is 1.07. The van der Waals surface area contributed by atoms with Crippen molar-refractivity contribution in [1.82, 2.24) is 14.2 Å². The van der Waals surface area contributed by atoms with E-state index in [1.807, 2.05) is 5.38 Å². The first-order valence-electron chi connectivity index (χ1n) is 13.7. The highest BCUT2D eigenvalue weighted by molar-refractivity contribution is 7.89. The molecule has 3 heterocycles. The molecule has 2 aromatic carbocycles. The van der Waals surface area contributed by atoms with Crippen LogP contribution < -0.4 is 5.32 Å². The van der Waals surface area contributed by atoms with Crippen LogP contribution in [0.1, 0.15) is 72.1 Å². The second-order valence-corrected chi connectivity index (χ2v) is 12.8. The monoisotopic (exact) mass is 580 g/mol. The van der Waals surface area contributed by atoms with Crippen LogP contribution in [0.4, 0.5) is 5.13 Å². The molecule has 11 heteroatoms. The van der Waals surface area contributed by atoms with Crippen LogP contribution in [0.3, 0.4) is 0 Å². The van der Waals surface area contributed by atoms with E-state index < -0.39 is 10.0 Å². The van der Waals surface area contributed by atoms with Crippen molar-refractivity contribution in [2.24, 2.45) is 0 Å². The van der Waals surface area contributed by atoms with Crippen LogP contribution in [0, 0.1) is 0 Å². The predicted molar refractivity (Wildman–Crippen MR) is 154 cm³/mol. The van der Waals surface area contributed by atoms with Gasteiger partial charge in [0.2, 0.25) is 15.9 Å². The van der Waals surface area contributed by atoms with Gasteiger partial charge in [-0.05, 0) is 49.9 Å². The molecule has 0 radical (unpaired) electrons. The minimum atomic E-state index is -3.51. The van der Waals surface area contributed by atoms with Crippen molar-refractivity contribution in [2.45, 2.75) is 56.3 Å². The van der Waals surface area contributed by atoms with E-state index in [1.165, 1.54) is 16.2 Å². The molecule has 3 amide bonds. The summed E-state index contributed by atoms with van der Waals surface area (Å²) < 4.78 is 27.6. The Hall–Kier alpha value is -3.41. The molecular formula is C29H32N4O5S2. The van der Waals surface area contributed by atoms with E-state index in [-0.39, 0.29) is 22.6 Å². The lowest BCUT2D eigenvalue weighted by Gasteiger charge is -2.19. The predicted octanol–water partition coefficient (Wildman–Crippen LogP) is 5.17. The molecule has 1 fully saturated rings. The molecule has 2 aliphatic heterocycles. The zero-order valence-corrected chi connectivity index (χ0v) is 23.8. The molecule has 2 aliphatic rings. The molecule has 5 rings (SSSR count). The van der Waals surface area contributed by atoms with Gasteiger partial charge in [-0.25, -0.2) is 13.4 Å². The molecule has 1 saturated heterocycles. The van der Waals surface area contributed by atoms with Gasteiger partial charge in [-0.3, -0.25) is 19.3 Å². The molecule has 210 valence electrons. The number of unbranched alkanes of at least 4 members (excludes halogenated alkanes) is 2. The number of fused-ring (bicyclic) bond motifs is 1. The molecule has 9 nitrogen and oxygen atoms in total. The standard InChI is InChI=1S/C29H32N4O5S2/c34-26(12-4-3-9-19-33-27(35)23-10-5-6-11-24(23)28(33)36)31-29-30-25(20-39-29)21-13-15-22(16-14-21)40(37,38)32-17-7-1-2-8-18-32/h5-6,10-11,13-16,20H,1-4,7-9,12,17-19H2,(H,30,31,34). The van der Waals surface area contributed by atoms with Crippen LogP contribution in [0.25, 0.3) is 11.3 Å². The molecule has 3 aromatic rings. The number of rotatable bonds is 10. The van der Waals surface area contributed by atoms with Gasteiger partial charge >= 0.3 is 0 Å². The highest BCUT2D eigenvalue weighted by Crippen LogP contribution is 2.28. The summed E-state index contributed by atoms with van der Waals surface area (Å²) in [5.41, 5.74) is 2.34. The summed E-state index contributed by atoms with van der Waals surface area (Å²) >= 11 is 1.31. The SMILES string of the molecule is O=C(CCCCCN1C(=O)c2ccccc2C1=O)Nc1nc(-c2ccc(S(=O)(=O)N3CCCCCC3)cc2)cs1. The summed E-state index contributed by atoms with van der Waals surface area (Å²) in [4.78, 5) is 43.3. The average molecular weight is 581 g/mol. The van der Waals surface area contributed by atoms with Crippen LogP contribution in [0.15, 0.2) is 58.8 Å². The first kappa shape index (κ1) is 28.1. The molecule has 0 bridgehead atoms. The fraction of sp³-hybridized carbons (Fsp3) is 0.379. The molecular weight excluding hydrogens is 548 g/mol. The average Bonchev–Trinajstić information content (AvgIpc) is 3.37. The van der Waals surface area contributed by atoms with Crippen molar-refractivity contribution >= 4 is 44.2 Å². The number of hydrogen-bond donors (Lipinski definition) is 1. The quantitative estimate of drug-likeness (QED) is 0.261. The summed E-state index contributed by atoms with van der Waals surface area (Å²) in [6.45, 7) is 1.46. The lowest BCUT2D eigenvalue weighted by molar-refractivity contribution is -0.116. The van der Waals surface area contributed by atoms with Gasteiger partial charge in [-0.1, -0.05) is 43.5 Å². The maximum Gasteiger partial charge on any atom is 0.261 e. The van der Waals surface area contributed by atoms with E-state index in [4.69, 9.17) is 0 Å². The van der Waals surface area contributed by atoms with Crippen molar-refractivity contribution in [1.29, 1.82) is 0 Å². The highest BCUT2D eigenvalue weighted by atomic mass is 32.2. The van der Waals surface area contributed by atoms with Gasteiger partial charge in [-0.15, -0.1) is 11.3 Å². The first-order chi connectivity index (χ1) is 19.3. The third-order valence-electron chi connectivity index (χ3n) is 7.27. The van der Waals surface area contributed by atoms with E-state index >= 15 is 0 Å². The van der Waals surface area contributed by atoms with Gasteiger partial charge in [-0.2, -0.15) is 4.31 Å². The van der Waals surface area contributed by atoms with E-state index in [9.17, 15) is 22.8 Å². The highest BCUT2D eigenvalue weighted by Gasteiger charge is 2.34. The van der Waals surface area contributed by atoms with Gasteiger partial charge in [0, 0.05) is 37.0 Å². The number of nitrogens with one attached hydrogen (secondary N) is 1. The number of amides is 3. The van der Waals surface area contributed by atoms with Crippen LogP contribution in [-0.2, 0) is 14.8 Å². The lowest BCUT2D eigenvalue weighted by Crippen LogP contribution is -2.31. The maximum absolute atomic E-state index is 13.0. The Kier molecular flexibility index (Phi) is 8.72. The summed E-state index contributed by atoms with van der Waals surface area (Å²) in [7, 11) is -3.51. The number of carbonyl (C=O) groups excluding carboxylic acids is 3. The van der Waals surface area contributed by atoms with Crippen LogP contribution >= 0.6 is 11.3 Å². The van der Waals surface area contributed by atoms with Gasteiger partial charge in [0.25, 0.3) is 11.8 Å². The number of anilines is 1. The molecule has 40 heavy (non-hydrogen) atoms. The van der Waals surface area contributed by atoms with Crippen molar-refractivity contribution in [3.05, 3.63) is 65.0 Å². The Morgan fingerprint density at radius 1 is 0.875 bits per heavy atom. The van der Waals surface area contributed by atoms with E-state index in [0.29, 0.717) is 67.3 Å². The smallest absolute Gasteiger partial charge is 0.261 e. The van der Waals surface area contributed by atoms with Crippen molar-refractivity contribution in [3.8, 4) is 11.3 Å². The van der Waals surface area contributed by atoms with Crippen LogP contribution in [0.5, 0.6) is 0 Å². The third kappa shape index (κ3) is 6.16.